The fourth-order valence-electron chi connectivity index (χ4n) is 3.14. The highest BCUT2D eigenvalue weighted by Crippen LogP contribution is 2.20. The topological polar surface area (TPSA) is 70.2 Å². The van der Waals surface area contributed by atoms with Crippen LogP contribution in [-0.4, -0.2) is 29.0 Å². The van der Waals surface area contributed by atoms with E-state index in [4.69, 9.17) is 0 Å². The van der Waals surface area contributed by atoms with Crippen molar-refractivity contribution < 1.29 is 4.79 Å². The number of carbonyl (C=O) groups excluding carboxylic acids is 1. The zero-order valence-electron chi connectivity index (χ0n) is 17.1. The van der Waals surface area contributed by atoms with E-state index in [0.717, 1.165) is 36.4 Å². The number of hydrogen-bond donors (Lipinski definition) is 2. The van der Waals surface area contributed by atoms with E-state index < -0.39 is 0 Å². The number of aromatic nitrogens is 2. The van der Waals surface area contributed by atoms with Crippen LogP contribution in [0.3, 0.4) is 0 Å². The van der Waals surface area contributed by atoms with Gasteiger partial charge in [0.15, 0.2) is 0 Å². The predicted molar refractivity (Wildman–Crippen MR) is 119 cm³/mol. The number of carbonyl (C=O) groups is 1. The van der Waals surface area contributed by atoms with Gasteiger partial charge >= 0.3 is 0 Å². The van der Waals surface area contributed by atoms with Crippen molar-refractivity contribution in [3.8, 4) is 0 Å². The van der Waals surface area contributed by atoms with Crippen LogP contribution in [-0.2, 0) is 6.42 Å². The van der Waals surface area contributed by atoms with Crippen molar-refractivity contribution >= 4 is 28.8 Å². The highest BCUT2D eigenvalue weighted by Gasteiger charge is 2.10. The quantitative estimate of drug-likeness (QED) is 0.574. The van der Waals surface area contributed by atoms with Crippen LogP contribution in [0.2, 0.25) is 0 Å². The molecule has 2 aromatic carbocycles. The summed E-state index contributed by atoms with van der Waals surface area (Å²) in [5.41, 5.74) is 4.27. The van der Waals surface area contributed by atoms with E-state index in [9.17, 15) is 4.79 Å². The largest absolute Gasteiger partial charge is 0.372 e. The number of para-hydroxylation sites is 1. The summed E-state index contributed by atoms with van der Waals surface area (Å²) < 4.78 is 0. The van der Waals surface area contributed by atoms with Gasteiger partial charge in [-0.1, -0.05) is 25.1 Å². The molecule has 0 radical (unpaired) electrons. The maximum absolute atomic E-state index is 12.5. The molecular weight excluding hydrogens is 362 g/mol. The van der Waals surface area contributed by atoms with E-state index in [0.29, 0.717) is 5.82 Å². The Hall–Kier alpha value is -3.41. The van der Waals surface area contributed by atoms with Crippen LogP contribution in [0.5, 0.6) is 0 Å². The smallest absolute Gasteiger partial charge is 0.275 e. The molecule has 0 saturated carbocycles. The zero-order chi connectivity index (χ0) is 20.6. The van der Waals surface area contributed by atoms with E-state index >= 15 is 0 Å². The second-order valence-electron chi connectivity index (χ2n) is 6.60. The molecule has 1 heterocycles. The van der Waals surface area contributed by atoms with Gasteiger partial charge in [-0.25, -0.2) is 9.97 Å². The minimum Gasteiger partial charge on any atom is -0.372 e. The van der Waals surface area contributed by atoms with Gasteiger partial charge in [0.1, 0.15) is 11.5 Å². The van der Waals surface area contributed by atoms with Crippen molar-refractivity contribution in [1.29, 1.82) is 0 Å². The molecule has 1 amide bonds. The molecule has 0 aliphatic carbocycles. The molecule has 0 unspecified atom stereocenters. The van der Waals surface area contributed by atoms with E-state index in [-0.39, 0.29) is 11.6 Å². The molecule has 3 aromatic rings. The van der Waals surface area contributed by atoms with Gasteiger partial charge in [-0.3, -0.25) is 4.79 Å². The number of rotatable bonds is 8. The van der Waals surface area contributed by atoms with E-state index in [2.05, 4.69) is 58.4 Å². The molecule has 0 bridgehead atoms. The Bertz CT molecular complexity index is 934. The molecule has 6 nitrogen and oxygen atoms in total. The molecule has 150 valence electrons. The summed E-state index contributed by atoms with van der Waals surface area (Å²) in [6, 6.07) is 15.9. The number of hydrogen-bond acceptors (Lipinski definition) is 5. The number of amides is 1. The van der Waals surface area contributed by atoms with Gasteiger partial charge in [0.25, 0.3) is 5.91 Å². The monoisotopic (exact) mass is 389 g/mol. The molecule has 0 spiro atoms. The number of anilines is 4. The first-order valence-electron chi connectivity index (χ1n) is 9.97. The van der Waals surface area contributed by atoms with Gasteiger partial charge in [0.05, 0.1) is 12.4 Å². The van der Waals surface area contributed by atoms with Crippen molar-refractivity contribution in [2.45, 2.75) is 27.2 Å². The van der Waals surface area contributed by atoms with Crippen LogP contribution in [0.25, 0.3) is 0 Å². The third kappa shape index (κ3) is 5.10. The van der Waals surface area contributed by atoms with Gasteiger partial charge in [-0.2, -0.15) is 0 Å². The Labute approximate surface area is 172 Å². The normalized spacial score (nSPS) is 10.4. The lowest BCUT2D eigenvalue weighted by Gasteiger charge is -2.21. The lowest BCUT2D eigenvalue weighted by Crippen LogP contribution is -2.21. The van der Waals surface area contributed by atoms with Crippen LogP contribution >= 0.6 is 0 Å². The number of nitrogens with zero attached hydrogens (tertiary/aromatic N) is 3. The summed E-state index contributed by atoms with van der Waals surface area (Å²) in [5, 5.41) is 6.12. The summed E-state index contributed by atoms with van der Waals surface area (Å²) in [6.45, 7) is 8.29. The number of benzene rings is 2. The summed E-state index contributed by atoms with van der Waals surface area (Å²) in [5.74, 6) is 0.319. The lowest BCUT2D eigenvalue weighted by molar-refractivity contribution is 0.102. The maximum Gasteiger partial charge on any atom is 0.275 e. The zero-order valence-corrected chi connectivity index (χ0v) is 17.1. The van der Waals surface area contributed by atoms with Gasteiger partial charge in [-0.15, -0.1) is 0 Å². The van der Waals surface area contributed by atoms with Crippen LogP contribution in [0.15, 0.2) is 60.9 Å². The van der Waals surface area contributed by atoms with Crippen LogP contribution < -0.4 is 15.5 Å². The minimum absolute atomic E-state index is 0.270. The Kier molecular flexibility index (Phi) is 6.79. The van der Waals surface area contributed by atoms with Crippen LogP contribution in [0, 0.1) is 0 Å². The second kappa shape index (κ2) is 9.68. The predicted octanol–water partition coefficient (Wildman–Crippen LogP) is 4.88. The summed E-state index contributed by atoms with van der Waals surface area (Å²) in [4.78, 5) is 23.3. The number of nitrogens with one attached hydrogen (secondary N) is 2. The summed E-state index contributed by atoms with van der Waals surface area (Å²) in [6.07, 6.45) is 3.90. The van der Waals surface area contributed by atoms with E-state index in [1.807, 2.05) is 36.4 Å². The molecule has 0 aliphatic heterocycles. The Morgan fingerprint density at radius 2 is 1.66 bits per heavy atom. The van der Waals surface area contributed by atoms with Gasteiger partial charge in [0, 0.05) is 30.2 Å². The molecule has 29 heavy (non-hydrogen) atoms. The van der Waals surface area contributed by atoms with Crippen molar-refractivity contribution in [2.24, 2.45) is 0 Å². The average Bonchev–Trinajstić information content (AvgIpc) is 2.76. The van der Waals surface area contributed by atoms with E-state index in [1.54, 1.807) is 6.20 Å². The first-order valence-corrected chi connectivity index (χ1v) is 9.97. The Balaban J connectivity index is 1.64. The SMILES string of the molecule is CCc1ccccc1NC(=O)c1cnc(Nc2ccc(N(CC)CC)cc2)cn1. The van der Waals surface area contributed by atoms with Crippen molar-refractivity contribution in [3.05, 3.63) is 72.2 Å². The molecule has 3 rings (SSSR count). The molecule has 0 saturated heterocycles. The van der Waals surface area contributed by atoms with Gasteiger partial charge < -0.3 is 15.5 Å². The first-order chi connectivity index (χ1) is 14.1. The van der Waals surface area contributed by atoms with Crippen molar-refractivity contribution in [2.75, 3.05) is 28.6 Å². The third-order valence-electron chi connectivity index (χ3n) is 4.80. The van der Waals surface area contributed by atoms with Gasteiger partial charge in [-0.05, 0) is 56.2 Å². The standard InChI is InChI=1S/C23H27N5O/c1-4-17-9-7-8-10-20(17)27-23(29)21-15-25-22(16-24-21)26-18-11-13-19(14-12-18)28(5-2)6-3/h7-16H,4-6H2,1-3H3,(H,25,26)(H,27,29). The van der Waals surface area contributed by atoms with Crippen molar-refractivity contribution in [1.82, 2.24) is 9.97 Å². The molecule has 1 aromatic heterocycles. The molecule has 2 N–H and O–H groups in total. The van der Waals surface area contributed by atoms with E-state index in [1.165, 1.54) is 11.9 Å². The number of aryl methyl sites for hydroxylation is 1. The fraction of sp³-hybridized carbons (Fsp3) is 0.261. The van der Waals surface area contributed by atoms with Gasteiger partial charge in [0.2, 0.25) is 0 Å². The summed E-state index contributed by atoms with van der Waals surface area (Å²) >= 11 is 0. The molecule has 0 aliphatic rings. The molecule has 6 heteroatoms. The Morgan fingerprint density at radius 1 is 0.931 bits per heavy atom. The molecular formula is C23H27N5O. The maximum atomic E-state index is 12.5. The Morgan fingerprint density at radius 3 is 2.28 bits per heavy atom. The highest BCUT2D eigenvalue weighted by molar-refractivity contribution is 6.03. The first kappa shape index (κ1) is 20.3. The summed E-state index contributed by atoms with van der Waals surface area (Å²) in [7, 11) is 0. The van der Waals surface area contributed by atoms with Crippen LogP contribution in [0.4, 0.5) is 22.9 Å². The average molecular weight is 390 g/mol. The van der Waals surface area contributed by atoms with Crippen LogP contribution in [0.1, 0.15) is 36.8 Å². The third-order valence-corrected chi connectivity index (χ3v) is 4.80. The minimum atomic E-state index is -0.270. The highest BCUT2D eigenvalue weighted by atomic mass is 16.1. The van der Waals surface area contributed by atoms with Crippen molar-refractivity contribution in [3.63, 3.8) is 0 Å². The fourth-order valence-corrected chi connectivity index (χ4v) is 3.14. The molecule has 0 atom stereocenters. The molecule has 0 fully saturated rings. The lowest BCUT2D eigenvalue weighted by atomic mass is 10.1. The second-order valence-corrected chi connectivity index (χ2v) is 6.60.